The number of anilines is 2. The van der Waals surface area contributed by atoms with Gasteiger partial charge in [0, 0.05) is 24.3 Å². The predicted octanol–water partition coefficient (Wildman–Crippen LogP) is 4.57. The molecule has 0 unspecified atom stereocenters. The largest absolute Gasteiger partial charge is 0.340 e. The van der Waals surface area contributed by atoms with Gasteiger partial charge < -0.3 is 20.5 Å². The molecular weight excluding hydrogens is 437 g/mol. The molecule has 0 bridgehead atoms. The summed E-state index contributed by atoms with van der Waals surface area (Å²) < 4.78 is 15.6. The average molecular weight is 470 g/mol. The van der Waals surface area contributed by atoms with Crippen molar-refractivity contribution in [3.05, 3.63) is 65.7 Å². The quantitative estimate of drug-likeness (QED) is 0.587. The summed E-state index contributed by atoms with van der Waals surface area (Å²) in [7, 11) is 0. The first kappa shape index (κ1) is 24.8. The maximum Gasteiger partial charge on any atom is 0.240 e. The Bertz CT molecular complexity index is 1120. The molecule has 33 heavy (non-hydrogen) atoms. The van der Waals surface area contributed by atoms with E-state index in [2.05, 4.69) is 9.88 Å². The fourth-order valence-electron chi connectivity index (χ4n) is 3.80. The second-order valence-electron chi connectivity index (χ2n) is 9.48. The van der Waals surface area contributed by atoms with Crippen LogP contribution in [-0.2, 0) is 17.9 Å². The summed E-state index contributed by atoms with van der Waals surface area (Å²) in [6.45, 7) is 9.48. The van der Waals surface area contributed by atoms with Crippen LogP contribution in [0.3, 0.4) is 0 Å². The molecule has 176 valence electrons. The number of halogens is 1. The van der Waals surface area contributed by atoms with Crippen LogP contribution in [0.15, 0.2) is 48.5 Å². The SMILES string of the molecule is Cc1ccc(Nc2c(-c3ccc(F)cc3)nc3n2CCN(C(=O)[C@@H](N)C(C)(C)C)C3)cc1.S. The van der Waals surface area contributed by atoms with Gasteiger partial charge in [-0.1, -0.05) is 38.5 Å². The molecule has 0 spiro atoms. The van der Waals surface area contributed by atoms with Gasteiger partial charge in [0.1, 0.15) is 23.2 Å². The van der Waals surface area contributed by atoms with Crippen molar-refractivity contribution in [2.24, 2.45) is 11.1 Å². The molecule has 0 aliphatic carbocycles. The van der Waals surface area contributed by atoms with E-state index in [0.717, 1.165) is 28.6 Å². The summed E-state index contributed by atoms with van der Waals surface area (Å²) in [6, 6.07) is 13.9. The number of hydrogen-bond donors (Lipinski definition) is 2. The van der Waals surface area contributed by atoms with Gasteiger partial charge in [-0.2, -0.15) is 13.5 Å². The van der Waals surface area contributed by atoms with Gasteiger partial charge in [-0.25, -0.2) is 9.37 Å². The van der Waals surface area contributed by atoms with Crippen LogP contribution in [0, 0.1) is 18.2 Å². The first-order chi connectivity index (χ1) is 15.1. The Labute approximate surface area is 201 Å². The number of carbonyl (C=O) groups is 1. The van der Waals surface area contributed by atoms with Crippen molar-refractivity contribution >= 4 is 30.9 Å². The number of nitrogens with one attached hydrogen (secondary N) is 1. The monoisotopic (exact) mass is 469 g/mol. The Hall–Kier alpha value is -2.84. The maximum absolute atomic E-state index is 13.5. The van der Waals surface area contributed by atoms with Crippen LogP contribution in [0.1, 0.15) is 32.2 Å². The Balaban J connectivity index is 0.00000306. The van der Waals surface area contributed by atoms with Crippen molar-refractivity contribution in [3.63, 3.8) is 0 Å². The van der Waals surface area contributed by atoms with Gasteiger partial charge >= 0.3 is 0 Å². The Kier molecular flexibility index (Phi) is 7.19. The van der Waals surface area contributed by atoms with Crippen LogP contribution in [0.2, 0.25) is 0 Å². The molecule has 4 rings (SSSR count). The van der Waals surface area contributed by atoms with Crippen molar-refractivity contribution in [2.45, 2.75) is 46.8 Å². The van der Waals surface area contributed by atoms with Crippen LogP contribution in [-0.4, -0.2) is 32.9 Å². The van der Waals surface area contributed by atoms with E-state index in [9.17, 15) is 9.18 Å². The lowest BCUT2D eigenvalue weighted by Gasteiger charge is -2.34. The van der Waals surface area contributed by atoms with Crippen molar-refractivity contribution in [2.75, 3.05) is 11.9 Å². The van der Waals surface area contributed by atoms with Crippen molar-refractivity contribution in [3.8, 4) is 11.3 Å². The summed E-state index contributed by atoms with van der Waals surface area (Å²) in [6.07, 6.45) is 0. The molecule has 0 saturated carbocycles. The van der Waals surface area contributed by atoms with Gasteiger partial charge in [0.15, 0.2) is 0 Å². The van der Waals surface area contributed by atoms with Crippen LogP contribution in [0.4, 0.5) is 15.9 Å². The van der Waals surface area contributed by atoms with E-state index in [1.165, 1.54) is 17.7 Å². The summed E-state index contributed by atoms with van der Waals surface area (Å²) in [5.74, 6) is 1.25. The van der Waals surface area contributed by atoms with Crippen molar-refractivity contribution in [1.29, 1.82) is 0 Å². The lowest BCUT2D eigenvalue weighted by atomic mass is 9.86. The molecule has 0 saturated heterocycles. The molecular formula is C25H32FN5OS. The molecule has 3 aromatic rings. The zero-order valence-electron chi connectivity index (χ0n) is 19.5. The first-order valence-corrected chi connectivity index (χ1v) is 10.9. The fourth-order valence-corrected chi connectivity index (χ4v) is 3.80. The predicted molar refractivity (Wildman–Crippen MR) is 135 cm³/mol. The Morgan fingerprint density at radius 3 is 2.33 bits per heavy atom. The third-order valence-corrected chi connectivity index (χ3v) is 5.92. The van der Waals surface area contributed by atoms with E-state index in [-0.39, 0.29) is 30.6 Å². The molecule has 2 aromatic carbocycles. The number of aromatic nitrogens is 2. The lowest BCUT2D eigenvalue weighted by molar-refractivity contribution is -0.136. The summed E-state index contributed by atoms with van der Waals surface area (Å²) >= 11 is 0. The van der Waals surface area contributed by atoms with E-state index >= 15 is 0 Å². The molecule has 6 nitrogen and oxygen atoms in total. The topological polar surface area (TPSA) is 76.2 Å². The van der Waals surface area contributed by atoms with Crippen LogP contribution >= 0.6 is 13.5 Å². The van der Waals surface area contributed by atoms with Gasteiger partial charge in [0.05, 0.1) is 12.6 Å². The Morgan fingerprint density at radius 1 is 1.09 bits per heavy atom. The number of carbonyl (C=O) groups excluding carboxylic acids is 1. The number of nitrogens with two attached hydrogens (primary N) is 1. The normalized spacial score (nSPS) is 14.3. The molecule has 1 aliphatic rings. The van der Waals surface area contributed by atoms with E-state index in [1.54, 1.807) is 17.0 Å². The highest BCUT2D eigenvalue weighted by Crippen LogP contribution is 2.34. The highest BCUT2D eigenvalue weighted by atomic mass is 32.1. The van der Waals surface area contributed by atoms with Crippen LogP contribution in [0.5, 0.6) is 0 Å². The lowest BCUT2D eigenvalue weighted by Crippen LogP contribution is -2.52. The second kappa shape index (κ2) is 9.57. The number of benzene rings is 2. The van der Waals surface area contributed by atoms with Crippen molar-refractivity contribution in [1.82, 2.24) is 14.5 Å². The smallest absolute Gasteiger partial charge is 0.240 e. The number of nitrogens with zero attached hydrogens (tertiary/aromatic N) is 3. The minimum atomic E-state index is -0.578. The van der Waals surface area contributed by atoms with Gasteiger partial charge in [0.25, 0.3) is 0 Å². The third-order valence-electron chi connectivity index (χ3n) is 5.92. The van der Waals surface area contributed by atoms with Crippen molar-refractivity contribution < 1.29 is 9.18 Å². The van der Waals surface area contributed by atoms with Gasteiger partial charge in [-0.05, 0) is 48.7 Å². The summed E-state index contributed by atoms with van der Waals surface area (Å²) in [5.41, 5.74) is 9.57. The zero-order valence-corrected chi connectivity index (χ0v) is 20.5. The number of aryl methyl sites for hydroxylation is 1. The highest BCUT2D eigenvalue weighted by molar-refractivity contribution is 7.59. The van der Waals surface area contributed by atoms with Gasteiger partial charge in [-0.3, -0.25) is 4.79 Å². The molecule has 3 N–H and O–H groups in total. The van der Waals surface area contributed by atoms with E-state index in [4.69, 9.17) is 10.7 Å². The summed E-state index contributed by atoms with van der Waals surface area (Å²) in [5, 5.41) is 3.49. The van der Waals surface area contributed by atoms with E-state index < -0.39 is 6.04 Å². The minimum absolute atomic E-state index is 0. The van der Waals surface area contributed by atoms with Crippen LogP contribution < -0.4 is 11.1 Å². The first-order valence-electron chi connectivity index (χ1n) is 10.9. The molecule has 2 heterocycles. The molecule has 1 atom stereocenters. The van der Waals surface area contributed by atoms with E-state index in [1.807, 2.05) is 52.0 Å². The van der Waals surface area contributed by atoms with Crippen LogP contribution in [0.25, 0.3) is 11.3 Å². The van der Waals surface area contributed by atoms with Gasteiger partial charge in [-0.15, -0.1) is 0 Å². The fraction of sp³-hybridized carbons (Fsp3) is 0.360. The molecule has 8 heteroatoms. The summed E-state index contributed by atoms with van der Waals surface area (Å²) in [4.78, 5) is 19.6. The third kappa shape index (κ3) is 5.23. The highest BCUT2D eigenvalue weighted by Gasteiger charge is 2.34. The van der Waals surface area contributed by atoms with E-state index in [0.29, 0.717) is 19.6 Å². The molecule has 0 radical (unpaired) electrons. The minimum Gasteiger partial charge on any atom is -0.340 e. The number of imidazole rings is 1. The maximum atomic E-state index is 13.5. The number of hydrogen-bond acceptors (Lipinski definition) is 4. The number of fused-ring (bicyclic) bond motifs is 1. The Morgan fingerprint density at radius 2 is 1.73 bits per heavy atom. The molecule has 1 amide bonds. The second-order valence-corrected chi connectivity index (χ2v) is 9.48. The standard InChI is InChI=1S/C25H30FN5O.H2S/c1-16-5-11-19(12-6-16)28-23-21(17-7-9-18(26)10-8-17)29-20-15-30(13-14-31(20)23)24(32)22(27)25(2,3)4;/h5-12,22,28H,13-15,27H2,1-4H3;1H2/t22-;/m1./s1. The molecule has 1 aliphatic heterocycles. The molecule has 0 fully saturated rings. The average Bonchev–Trinajstić information content (AvgIpc) is 3.11. The molecule has 1 aromatic heterocycles. The number of rotatable bonds is 4. The van der Waals surface area contributed by atoms with Gasteiger partial charge in [0.2, 0.25) is 5.91 Å². The number of amides is 1. The zero-order chi connectivity index (χ0) is 23.0.